The zero-order valence-electron chi connectivity index (χ0n) is 18.5. The third kappa shape index (κ3) is 3.87. The van der Waals surface area contributed by atoms with Gasteiger partial charge in [0.2, 0.25) is 0 Å². The van der Waals surface area contributed by atoms with E-state index in [1.54, 1.807) is 0 Å². The second-order valence-corrected chi connectivity index (χ2v) is 8.87. The summed E-state index contributed by atoms with van der Waals surface area (Å²) in [6.07, 6.45) is 9.90. The molecule has 0 fully saturated rings. The van der Waals surface area contributed by atoms with Crippen molar-refractivity contribution in [2.24, 2.45) is 11.7 Å². The van der Waals surface area contributed by atoms with Crippen LogP contribution >= 0.6 is 0 Å². The predicted octanol–water partition coefficient (Wildman–Crippen LogP) is 6.86. The number of nitrogens with two attached hydrogens (primary N) is 2. The fraction of sp³-hybridized carbons (Fsp3) is 0.286. The molecule has 0 saturated heterocycles. The zero-order valence-corrected chi connectivity index (χ0v) is 18.5. The number of allylic oxidation sites excluding steroid dienone is 8. The lowest BCUT2D eigenvalue weighted by molar-refractivity contribution is 0.688. The highest BCUT2D eigenvalue weighted by Gasteiger charge is 2.23. The Morgan fingerprint density at radius 2 is 1.67 bits per heavy atom. The highest BCUT2D eigenvalue weighted by atomic mass is 14.6. The average molecular weight is 397 g/mol. The molecule has 0 amide bonds. The van der Waals surface area contributed by atoms with Crippen molar-refractivity contribution in [2.45, 2.75) is 47.0 Å². The smallest absolute Gasteiger partial charge is 0.0326 e. The van der Waals surface area contributed by atoms with E-state index in [0.29, 0.717) is 5.92 Å². The molecule has 2 heteroatoms. The summed E-state index contributed by atoms with van der Waals surface area (Å²) in [7, 11) is 0. The third-order valence-electron chi connectivity index (χ3n) is 6.38. The maximum absolute atomic E-state index is 6.37. The van der Waals surface area contributed by atoms with Crippen molar-refractivity contribution in [1.29, 1.82) is 0 Å². The summed E-state index contributed by atoms with van der Waals surface area (Å²) in [5, 5.41) is 0. The highest BCUT2D eigenvalue weighted by molar-refractivity contribution is 5.86. The molecule has 2 nitrogen and oxygen atoms in total. The lowest BCUT2D eigenvalue weighted by Crippen LogP contribution is -2.12. The molecule has 0 aromatic heterocycles. The van der Waals surface area contributed by atoms with Gasteiger partial charge in [0, 0.05) is 11.4 Å². The summed E-state index contributed by atoms with van der Waals surface area (Å²) in [6.45, 7) is 8.86. The topological polar surface area (TPSA) is 52.0 Å². The van der Waals surface area contributed by atoms with E-state index < -0.39 is 0 Å². The molecular weight excluding hydrogens is 364 g/mol. The van der Waals surface area contributed by atoms with Crippen molar-refractivity contribution < 1.29 is 0 Å². The Morgan fingerprint density at radius 1 is 0.900 bits per heavy atom. The van der Waals surface area contributed by atoms with Crippen LogP contribution in [0, 0.1) is 19.8 Å². The maximum atomic E-state index is 6.37. The Hall–Kier alpha value is -3.00. The third-order valence-corrected chi connectivity index (χ3v) is 6.38. The van der Waals surface area contributed by atoms with Crippen molar-refractivity contribution >= 4 is 11.3 Å². The van der Waals surface area contributed by atoms with Gasteiger partial charge in [-0.3, -0.25) is 0 Å². The fourth-order valence-electron chi connectivity index (χ4n) is 4.93. The van der Waals surface area contributed by atoms with Crippen LogP contribution in [0.2, 0.25) is 0 Å². The van der Waals surface area contributed by atoms with Crippen molar-refractivity contribution in [3.63, 3.8) is 0 Å². The van der Waals surface area contributed by atoms with Gasteiger partial charge in [0.15, 0.2) is 0 Å². The number of rotatable bonds is 3. The van der Waals surface area contributed by atoms with Gasteiger partial charge in [-0.25, -0.2) is 0 Å². The van der Waals surface area contributed by atoms with Gasteiger partial charge in [-0.1, -0.05) is 42.8 Å². The quantitative estimate of drug-likeness (QED) is 0.557. The van der Waals surface area contributed by atoms with Gasteiger partial charge < -0.3 is 11.5 Å². The van der Waals surface area contributed by atoms with Gasteiger partial charge in [0.25, 0.3) is 0 Å². The van der Waals surface area contributed by atoms with Crippen LogP contribution in [0.4, 0.5) is 5.69 Å². The Bertz CT molecular complexity index is 1130. The summed E-state index contributed by atoms with van der Waals surface area (Å²) < 4.78 is 0. The average Bonchev–Trinajstić information content (AvgIpc) is 2.67. The van der Waals surface area contributed by atoms with E-state index >= 15 is 0 Å². The van der Waals surface area contributed by atoms with Crippen molar-refractivity contribution in [1.82, 2.24) is 0 Å². The SMILES string of the molecule is CC1=C(C2=CCCC(N)=C2)C(C)CC=C1c1cc(N)cc(-c2ccc(C)cc2C)c1. The summed E-state index contributed by atoms with van der Waals surface area (Å²) in [5.41, 5.74) is 25.8. The second kappa shape index (κ2) is 8.02. The van der Waals surface area contributed by atoms with E-state index in [9.17, 15) is 0 Å². The van der Waals surface area contributed by atoms with E-state index in [-0.39, 0.29) is 0 Å². The fourth-order valence-corrected chi connectivity index (χ4v) is 4.93. The van der Waals surface area contributed by atoms with E-state index in [0.717, 1.165) is 30.6 Å². The molecule has 1 atom stereocenters. The van der Waals surface area contributed by atoms with E-state index in [1.165, 1.54) is 50.1 Å². The molecule has 0 bridgehead atoms. The summed E-state index contributed by atoms with van der Waals surface area (Å²) >= 11 is 0. The van der Waals surface area contributed by atoms with Crippen LogP contribution in [-0.2, 0) is 0 Å². The molecule has 0 spiro atoms. The molecule has 2 aliphatic carbocycles. The summed E-state index contributed by atoms with van der Waals surface area (Å²) in [5.74, 6) is 0.488. The van der Waals surface area contributed by atoms with Crippen LogP contribution in [0.15, 0.2) is 77.0 Å². The first-order valence-electron chi connectivity index (χ1n) is 10.9. The minimum atomic E-state index is 0.488. The Kier molecular flexibility index (Phi) is 5.42. The molecule has 2 aromatic rings. The molecule has 1 unspecified atom stereocenters. The molecule has 0 saturated carbocycles. The second-order valence-electron chi connectivity index (χ2n) is 8.87. The van der Waals surface area contributed by atoms with Crippen LogP contribution < -0.4 is 11.5 Å². The van der Waals surface area contributed by atoms with Crippen LogP contribution in [-0.4, -0.2) is 0 Å². The number of benzene rings is 2. The molecule has 2 aromatic carbocycles. The van der Waals surface area contributed by atoms with Gasteiger partial charge in [-0.15, -0.1) is 0 Å². The lowest BCUT2D eigenvalue weighted by atomic mass is 9.77. The van der Waals surface area contributed by atoms with Gasteiger partial charge in [0.05, 0.1) is 0 Å². The van der Waals surface area contributed by atoms with Crippen molar-refractivity contribution in [3.05, 3.63) is 93.7 Å². The number of aryl methyl sites for hydroxylation is 2. The summed E-state index contributed by atoms with van der Waals surface area (Å²) in [6, 6.07) is 13.1. The molecule has 2 aliphatic rings. The number of anilines is 1. The first-order chi connectivity index (χ1) is 14.3. The van der Waals surface area contributed by atoms with Gasteiger partial charge >= 0.3 is 0 Å². The van der Waals surface area contributed by atoms with Crippen molar-refractivity contribution in [3.8, 4) is 11.1 Å². The van der Waals surface area contributed by atoms with Crippen molar-refractivity contribution in [2.75, 3.05) is 5.73 Å². The zero-order chi connectivity index (χ0) is 21.4. The van der Waals surface area contributed by atoms with E-state index in [1.807, 2.05) is 0 Å². The molecule has 0 heterocycles. The molecule has 154 valence electrons. The first kappa shape index (κ1) is 20.3. The largest absolute Gasteiger partial charge is 0.402 e. The van der Waals surface area contributed by atoms with E-state index in [4.69, 9.17) is 11.5 Å². The number of nitrogen functional groups attached to an aromatic ring is 1. The normalized spacial score (nSPS) is 19.3. The predicted molar refractivity (Wildman–Crippen MR) is 130 cm³/mol. The maximum Gasteiger partial charge on any atom is 0.0326 e. The lowest BCUT2D eigenvalue weighted by Gasteiger charge is -2.28. The summed E-state index contributed by atoms with van der Waals surface area (Å²) in [4.78, 5) is 0. The van der Waals surface area contributed by atoms with Crippen LogP contribution in [0.1, 0.15) is 49.8 Å². The van der Waals surface area contributed by atoms with Crippen LogP contribution in [0.3, 0.4) is 0 Å². The van der Waals surface area contributed by atoms with Crippen LogP contribution in [0.25, 0.3) is 16.7 Å². The van der Waals surface area contributed by atoms with Gasteiger partial charge in [-0.2, -0.15) is 0 Å². The minimum Gasteiger partial charge on any atom is -0.402 e. The Labute approximate surface area is 180 Å². The van der Waals surface area contributed by atoms with Crippen LogP contribution in [0.5, 0.6) is 0 Å². The molecular formula is C28H32N2. The first-order valence-corrected chi connectivity index (χ1v) is 10.9. The molecule has 30 heavy (non-hydrogen) atoms. The minimum absolute atomic E-state index is 0.488. The number of hydrogen-bond donors (Lipinski definition) is 2. The van der Waals surface area contributed by atoms with Gasteiger partial charge in [-0.05, 0) is 115 Å². The molecule has 4 rings (SSSR count). The Morgan fingerprint density at radius 3 is 2.40 bits per heavy atom. The molecule has 0 radical (unpaired) electrons. The molecule has 4 N–H and O–H groups in total. The number of hydrogen-bond acceptors (Lipinski definition) is 2. The standard InChI is InChI=1S/C28H32N2/c1-17-8-10-26(19(3)12-17)22-13-23(16-25(30)15-22)27-11-9-18(2)28(20(27)4)21-6-5-7-24(29)14-21/h6,8,10-16,18H,5,7,9,29-30H2,1-4H3. The monoisotopic (exact) mass is 396 g/mol. The highest BCUT2D eigenvalue weighted by Crippen LogP contribution is 2.41. The van der Waals surface area contributed by atoms with Gasteiger partial charge in [0.1, 0.15) is 0 Å². The van der Waals surface area contributed by atoms with E-state index in [2.05, 4.69) is 82.3 Å². The molecule has 0 aliphatic heterocycles. The Balaban J connectivity index is 1.80.